The Labute approximate surface area is 214 Å². The molecular formula is C30H27NO6. The molecule has 2 heterocycles. The van der Waals surface area contributed by atoms with Crippen LogP contribution >= 0.6 is 0 Å². The third-order valence-corrected chi connectivity index (χ3v) is 6.57. The van der Waals surface area contributed by atoms with Crippen LogP contribution in [0.5, 0.6) is 11.5 Å². The van der Waals surface area contributed by atoms with E-state index in [1.165, 1.54) is 11.8 Å². The average molecular weight is 498 g/mol. The highest BCUT2D eigenvalue weighted by molar-refractivity contribution is 6.51. The highest BCUT2D eigenvalue weighted by Crippen LogP contribution is 2.43. The Morgan fingerprint density at radius 2 is 1.70 bits per heavy atom. The SMILES string of the molecule is CC(=O)Oc1ccc(C2/C(=C(/O)c3ccc4c(c3)CCCO4)C(=O)C(=O)N2c2cc(C)cc(C)c2)cc1. The number of ether oxygens (including phenoxy) is 2. The van der Waals surface area contributed by atoms with E-state index in [1.807, 2.05) is 38.1 Å². The number of benzene rings is 3. The number of amides is 1. The smallest absolute Gasteiger partial charge is 0.308 e. The van der Waals surface area contributed by atoms with E-state index in [1.54, 1.807) is 36.4 Å². The van der Waals surface area contributed by atoms with Gasteiger partial charge in [-0.15, -0.1) is 0 Å². The first-order valence-electron chi connectivity index (χ1n) is 12.2. The molecule has 1 atom stereocenters. The predicted molar refractivity (Wildman–Crippen MR) is 139 cm³/mol. The van der Waals surface area contributed by atoms with Gasteiger partial charge >= 0.3 is 5.97 Å². The van der Waals surface area contributed by atoms with Gasteiger partial charge in [0.25, 0.3) is 11.7 Å². The van der Waals surface area contributed by atoms with Gasteiger partial charge in [0, 0.05) is 18.2 Å². The molecule has 0 saturated carbocycles. The number of aliphatic hydroxyl groups is 1. The van der Waals surface area contributed by atoms with Crippen molar-refractivity contribution in [3.63, 3.8) is 0 Å². The highest BCUT2D eigenvalue weighted by atomic mass is 16.5. The van der Waals surface area contributed by atoms with Crippen LogP contribution in [-0.4, -0.2) is 29.4 Å². The molecule has 2 aliphatic heterocycles. The number of carbonyl (C=O) groups is 3. The van der Waals surface area contributed by atoms with E-state index in [9.17, 15) is 19.5 Å². The summed E-state index contributed by atoms with van der Waals surface area (Å²) in [5.74, 6) is -1.08. The van der Waals surface area contributed by atoms with Crippen LogP contribution in [0.2, 0.25) is 0 Å². The summed E-state index contributed by atoms with van der Waals surface area (Å²) in [6.07, 6.45) is 1.66. The Balaban J connectivity index is 1.68. The fraction of sp³-hybridized carbons (Fsp3) is 0.233. The van der Waals surface area contributed by atoms with Crippen LogP contribution in [0.3, 0.4) is 0 Å². The Bertz CT molecular complexity index is 1430. The molecule has 3 aromatic carbocycles. The van der Waals surface area contributed by atoms with Crippen molar-refractivity contribution in [1.82, 2.24) is 0 Å². The van der Waals surface area contributed by atoms with E-state index in [4.69, 9.17) is 9.47 Å². The quantitative estimate of drug-likeness (QED) is 0.176. The molecule has 0 radical (unpaired) electrons. The van der Waals surface area contributed by atoms with Gasteiger partial charge in [0.1, 0.15) is 17.3 Å². The lowest BCUT2D eigenvalue weighted by molar-refractivity contribution is -0.132. The molecular weight excluding hydrogens is 470 g/mol. The number of nitrogens with zero attached hydrogens (tertiary/aromatic N) is 1. The minimum absolute atomic E-state index is 0.000994. The second kappa shape index (κ2) is 9.58. The highest BCUT2D eigenvalue weighted by Gasteiger charge is 2.47. The number of carbonyl (C=O) groups excluding carboxylic acids is 3. The number of esters is 1. The number of aliphatic hydroxyl groups excluding tert-OH is 1. The Kier molecular flexibility index (Phi) is 6.29. The molecule has 1 unspecified atom stereocenters. The maximum atomic E-state index is 13.5. The fourth-order valence-corrected chi connectivity index (χ4v) is 5.05. The minimum atomic E-state index is -0.875. The van der Waals surface area contributed by atoms with Crippen molar-refractivity contribution in [3.05, 3.63) is 94.1 Å². The van der Waals surface area contributed by atoms with E-state index in [0.717, 1.165) is 35.3 Å². The normalized spacial score (nSPS) is 18.4. The molecule has 1 saturated heterocycles. The maximum absolute atomic E-state index is 13.5. The van der Waals surface area contributed by atoms with E-state index in [-0.39, 0.29) is 11.3 Å². The van der Waals surface area contributed by atoms with Gasteiger partial charge in [-0.25, -0.2) is 0 Å². The van der Waals surface area contributed by atoms with Gasteiger partial charge < -0.3 is 14.6 Å². The Hall–Kier alpha value is -4.39. The first-order chi connectivity index (χ1) is 17.7. The molecule has 5 rings (SSSR count). The van der Waals surface area contributed by atoms with Crippen molar-refractivity contribution < 1.29 is 29.0 Å². The van der Waals surface area contributed by atoms with Crippen LogP contribution < -0.4 is 14.4 Å². The van der Waals surface area contributed by atoms with Crippen molar-refractivity contribution in [1.29, 1.82) is 0 Å². The van der Waals surface area contributed by atoms with Gasteiger partial charge in [-0.3, -0.25) is 19.3 Å². The molecule has 37 heavy (non-hydrogen) atoms. The molecule has 0 bridgehead atoms. The maximum Gasteiger partial charge on any atom is 0.308 e. The first-order valence-corrected chi connectivity index (χ1v) is 12.2. The number of anilines is 1. The largest absolute Gasteiger partial charge is 0.507 e. The summed E-state index contributed by atoms with van der Waals surface area (Å²) < 4.78 is 10.8. The number of Topliss-reactive ketones (excluding diaryl/α,β-unsaturated/α-hetero) is 1. The van der Waals surface area contributed by atoms with Gasteiger partial charge in [-0.05, 0) is 91.4 Å². The molecule has 1 fully saturated rings. The lowest BCUT2D eigenvalue weighted by atomic mass is 9.93. The number of fused-ring (bicyclic) bond motifs is 1. The number of ketones is 1. The summed E-state index contributed by atoms with van der Waals surface area (Å²) in [4.78, 5) is 39.7. The minimum Gasteiger partial charge on any atom is -0.507 e. The molecule has 7 nitrogen and oxygen atoms in total. The topological polar surface area (TPSA) is 93.1 Å². The van der Waals surface area contributed by atoms with Crippen LogP contribution in [0.4, 0.5) is 5.69 Å². The van der Waals surface area contributed by atoms with Gasteiger partial charge in [0.15, 0.2) is 0 Å². The summed E-state index contributed by atoms with van der Waals surface area (Å²) in [6.45, 7) is 5.80. The van der Waals surface area contributed by atoms with Crippen LogP contribution in [0.15, 0.2) is 66.2 Å². The molecule has 1 N–H and O–H groups in total. The van der Waals surface area contributed by atoms with Gasteiger partial charge in [0.05, 0.1) is 18.2 Å². The molecule has 7 heteroatoms. The monoisotopic (exact) mass is 497 g/mol. The van der Waals surface area contributed by atoms with Crippen molar-refractivity contribution in [3.8, 4) is 11.5 Å². The van der Waals surface area contributed by atoms with Gasteiger partial charge in [0.2, 0.25) is 0 Å². The number of rotatable bonds is 4. The summed E-state index contributed by atoms with van der Waals surface area (Å²) in [7, 11) is 0. The molecule has 0 spiro atoms. The van der Waals surface area contributed by atoms with Gasteiger partial charge in [-0.1, -0.05) is 18.2 Å². The second-order valence-electron chi connectivity index (χ2n) is 9.45. The Morgan fingerprint density at radius 1 is 1.00 bits per heavy atom. The average Bonchev–Trinajstić information content (AvgIpc) is 3.13. The van der Waals surface area contributed by atoms with E-state index in [2.05, 4.69) is 0 Å². The van der Waals surface area contributed by atoms with Crippen molar-refractivity contribution in [2.45, 2.75) is 39.7 Å². The van der Waals surface area contributed by atoms with Crippen LogP contribution in [0.25, 0.3) is 5.76 Å². The van der Waals surface area contributed by atoms with E-state index in [0.29, 0.717) is 29.2 Å². The standard InChI is InChI=1S/C30H27NO6/c1-17-13-18(2)15-23(14-17)31-27(20-6-9-24(10-7-20)37-19(3)32)26(29(34)30(31)35)28(33)22-8-11-25-21(16-22)5-4-12-36-25/h6-11,13-16,27,33H,4-5,12H2,1-3H3/b28-26-. The van der Waals surface area contributed by atoms with Gasteiger partial charge in [-0.2, -0.15) is 0 Å². The number of hydrogen-bond acceptors (Lipinski definition) is 6. The fourth-order valence-electron chi connectivity index (χ4n) is 5.05. The van der Waals surface area contributed by atoms with Crippen LogP contribution in [-0.2, 0) is 20.8 Å². The summed E-state index contributed by atoms with van der Waals surface area (Å²) in [5.41, 5.74) is 4.43. The molecule has 1 amide bonds. The molecule has 3 aromatic rings. The first kappa shape index (κ1) is 24.3. The van der Waals surface area contributed by atoms with E-state index < -0.39 is 23.7 Å². The van der Waals surface area contributed by atoms with Crippen LogP contribution in [0, 0.1) is 13.8 Å². The third-order valence-electron chi connectivity index (χ3n) is 6.57. The molecule has 188 valence electrons. The summed E-state index contributed by atoms with van der Waals surface area (Å²) in [6, 6.07) is 16.7. The third kappa shape index (κ3) is 4.60. The zero-order valence-corrected chi connectivity index (χ0v) is 20.9. The van der Waals surface area contributed by atoms with Crippen molar-refractivity contribution in [2.24, 2.45) is 0 Å². The lowest BCUT2D eigenvalue weighted by Crippen LogP contribution is -2.29. The van der Waals surface area contributed by atoms with Crippen LogP contribution in [0.1, 0.15) is 47.2 Å². The lowest BCUT2D eigenvalue weighted by Gasteiger charge is -2.26. The van der Waals surface area contributed by atoms with E-state index >= 15 is 0 Å². The second-order valence-corrected chi connectivity index (χ2v) is 9.45. The number of hydrogen-bond donors (Lipinski definition) is 1. The summed E-state index contributed by atoms with van der Waals surface area (Å²) >= 11 is 0. The summed E-state index contributed by atoms with van der Waals surface area (Å²) in [5, 5.41) is 11.5. The zero-order valence-electron chi connectivity index (χ0n) is 20.9. The molecule has 0 aromatic heterocycles. The zero-order chi connectivity index (χ0) is 26.3. The number of aryl methyl sites for hydroxylation is 3. The van der Waals surface area contributed by atoms with Crippen molar-refractivity contribution in [2.75, 3.05) is 11.5 Å². The van der Waals surface area contributed by atoms with Crippen molar-refractivity contribution >= 4 is 29.1 Å². The molecule has 2 aliphatic rings. The predicted octanol–water partition coefficient (Wildman–Crippen LogP) is 5.18. The molecule has 0 aliphatic carbocycles. The Morgan fingerprint density at radius 3 is 2.38 bits per heavy atom.